The molecule has 0 fully saturated rings. The molecule has 2 aromatic carbocycles. The molecule has 0 radical (unpaired) electrons. The number of aromatic nitrogens is 3. The molecule has 7 nitrogen and oxygen atoms in total. The van der Waals surface area contributed by atoms with Crippen molar-refractivity contribution in [1.29, 1.82) is 0 Å². The molecule has 0 amide bonds. The van der Waals surface area contributed by atoms with Crippen LogP contribution in [0.1, 0.15) is 26.4 Å². The Morgan fingerprint density at radius 2 is 1.47 bits per heavy atom. The van der Waals surface area contributed by atoms with Crippen molar-refractivity contribution >= 4 is 41.4 Å². The van der Waals surface area contributed by atoms with E-state index in [0.717, 1.165) is 11.1 Å². The molecule has 3 aromatic heterocycles. The van der Waals surface area contributed by atoms with Crippen LogP contribution in [0.2, 0.25) is 10.0 Å². The van der Waals surface area contributed by atoms with Crippen molar-refractivity contribution in [2.75, 3.05) is 7.11 Å². The van der Waals surface area contributed by atoms with E-state index in [1.807, 2.05) is 42.5 Å². The molecule has 188 valence electrons. The SMILES string of the molecule is COc1nc(-c2cccc(-c3cccc(-c4cc(C)n5c(=O)c(C=O)cnc5c4)c3Cl)c2Cl)ccc1C=O. The van der Waals surface area contributed by atoms with Crippen LogP contribution in [0.25, 0.3) is 39.2 Å². The minimum absolute atomic E-state index is 0.0131. The third-order valence-corrected chi connectivity index (χ3v) is 7.04. The lowest BCUT2D eigenvalue weighted by Gasteiger charge is -2.15. The van der Waals surface area contributed by atoms with E-state index in [1.54, 1.807) is 25.1 Å². The summed E-state index contributed by atoms with van der Waals surface area (Å²) >= 11 is 13.8. The number of methoxy groups -OCH3 is 1. The van der Waals surface area contributed by atoms with Crippen LogP contribution in [-0.4, -0.2) is 34.1 Å². The summed E-state index contributed by atoms with van der Waals surface area (Å²) in [5.74, 6) is 0.207. The van der Waals surface area contributed by atoms with E-state index in [2.05, 4.69) is 9.97 Å². The van der Waals surface area contributed by atoms with E-state index in [0.29, 0.717) is 61.9 Å². The number of pyridine rings is 2. The summed E-state index contributed by atoms with van der Waals surface area (Å²) in [6, 6.07) is 18.1. The quantitative estimate of drug-likeness (QED) is 0.232. The molecule has 0 aliphatic heterocycles. The first kappa shape index (κ1) is 25.3. The number of fused-ring (bicyclic) bond motifs is 1. The average Bonchev–Trinajstić information content (AvgIpc) is 2.93. The van der Waals surface area contributed by atoms with E-state index in [-0.39, 0.29) is 11.4 Å². The van der Waals surface area contributed by atoms with Gasteiger partial charge in [0.1, 0.15) is 5.65 Å². The van der Waals surface area contributed by atoms with E-state index in [9.17, 15) is 14.4 Å². The van der Waals surface area contributed by atoms with Crippen LogP contribution in [0.3, 0.4) is 0 Å². The highest BCUT2D eigenvalue weighted by Gasteiger charge is 2.18. The number of nitrogens with zero attached hydrogens (tertiary/aromatic N) is 3. The Morgan fingerprint density at radius 1 is 0.842 bits per heavy atom. The molecule has 5 rings (SSSR count). The van der Waals surface area contributed by atoms with Gasteiger partial charge in [-0.3, -0.25) is 18.8 Å². The van der Waals surface area contributed by atoms with Gasteiger partial charge in [0.2, 0.25) is 5.88 Å². The summed E-state index contributed by atoms with van der Waals surface area (Å²) in [6.45, 7) is 1.77. The molecule has 0 unspecified atom stereocenters. The predicted octanol–water partition coefficient (Wildman–Crippen LogP) is 6.34. The highest BCUT2D eigenvalue weighted by molar-refractivity contribution is 6.39. The van der Waals surface area contributed by atoms with Crippen LogP contribution in [0.4, 0.5) is 0 Å². The highest BCUT2D eigenvalue weighted by Crippen LogP contribution is 2.42. The fourth-order valence-corrected chi connectivity index (χ4v) is 5.05. The number of hydrogen-bond acceptors (Lipinski definition) is 6. The number of ether oxygens (including phenoxy) is 1. The molecule has 0 aliphatic rings. The first-order chi connectivity index (χ1) is 18.4. The summed E-state index contributed by atoms with van der Waals surface area (Å²) in [7, 11) is 1.45. The zero-order chi connectivity index (χ0) is 27.0. The summed E-state index contributed by atoms with van der Waals surface area (Å²) in [6.07, 6.45) is 2.44. The third kappa shape index (κ3) is 4.26. The van der Waals surface area contributed by atoms with Crippen LogP contribution >= 0.6 is 23.2 Å². The second-order valence-corrected chi connectivity index (χ2v) is 9.22. The Kier molecular flexibility index (Phi) is 6.80. The van der Waals surface area contributed by atoms with Gasteiger partial charge < -0.3 is 4.74 Å². The maximum Gasteiger partial charge on any atom is 0.268 e. The second-order valence-electron chi connectivity index (χ2n) is 8.46. The number of rotatable bonds is 6. The maximum absolute atomic E-state index is 12.6. The topological polar surface area (TPSA) is 90.6 Å². The molecule has 0 bridgehead atoms. The molecule has 5 aromatic rings. The summed E-state index contributed by atoms with van der Waals surface area (Å²) < 4.78 is 6.64. The van der Waals surface area contributed by atoms with Crippen molar-refractivity contribution in [1.82, 2.24) is 14.4 Å². The normalized spacial score (nSPS) is 10.9. The Hall–Kier alpha value is -4.33. The molecule has 3 heterocycles. The van der Waals surface area contributed by atoms with Gasteiger partial charge in [-0.1, -0.05) is 59.6 Å². The molecular weight excluding hydrogens is 525 g/mol. The zero-order valence-electron chi connectivity index (χ0n) is 20.2. The molecular formula is C29H19Cl2N3O4. The number of benzene rings is 2. The summed E-state index contributed by atoms with van der Waals surface area (Å²) in [5.41, 5.74) is 4.97. The monoisotopic (exact) mass is 543 g/mol. The smallest absolute Gasteiger partial charge is 0.268 e. The zero-order valence-corrected chi connectivity index (χ0v) is 21.7. The predicted molar refractivity (Wildman–Crippen MR) is 148 cm³/mol. The fraction of sp³-hybridized carbons (Fsp3) is 0.0690. The number of hydrogen-bond donors (Lipinski definition) is 0. The van der Waals surface area contributed by atoms with Crippen molar-refractivity contribution in [3.05, 3.63) is 104 Å². The van der Waals surface area contributed by atoms with Gasteiger partial charge >= 0.3 is 0 Å². The molecule has 9 heteroatoms. The molecule has 0 saturated carbocycles. The van der Waals surface area contributed by atoms with Crippen molar-refractivity contribution < 1.29 is 14.3 Å². The molecule has 0 N–H and O–H groups in total. The molecule has 38 heavy (non-hydrogen) atoms. The largest absolute Gasteiger partial charge is 0.480 e. The van der Waals surface area contributed by atoms with Gasteiger partial charge in [-0.25, -0.2) is 9.97 Å². The Bertz CT molecular complexity index is 1810. The number of aldehydes is 2. The summed E-state index contributed by atoms with van der Waals surface area (Å²) in [4.78, 5) is 43.8. The Labute approximate surface area is 227 Å². The van der Waals surface area contributed by atoms with E-state index in [1.165, 1.54) is 17.7 Å². The third-order valence-electron chi connectivity index (χ3n) is 6.23. The number of carbonyl (C=O) groups excluding carboxylic acids is 2. The molecule has 0 saturated heterocycles. The summed E-state index contributed by atoms with van der Waals surface area (Å²) in [5, 5.41) is 0.897. The van der Waals surface area contributed by atoms with Crippen molar-refractivity contribution in [3.8, 4) is 39.4 Å². The van der Waals surface area contributed by atoms with Gasteiger partial charge in [0, 0.05) is 34.1 Å². The van der Waals surface area contributed by atoms with Gasteiger partial charge in [0.25, 0.3) is 5.56 Å². The number of halogens is 2. The maximum atomic E-state index is 12.6. The van der Waals surface area contributed by atoms with Gasteiger partial charge in [-0.05, 0) is 36.8 Å². The molecule has 0 aliphatic carbocycles. The van der Waals surface area contributed by atoms with Crippen molar-refractivity contribution in [2.45, 2.75) is 6.92 Å². The van der Waals surface area contributed by atoms with Crippen molar-refractivity contribution in [2.24, 2.45) is 0 Å². The first-order valence-corrected chi connectivity index (χ1v) is 12.2. The standard InChI is InChI=1S/C29H19Cl2N3O4/c1-16-11-18(12-25-32-13-19(15-36)29(37)34(16)25)20-5-3-6-21(26(20)30)22-7-4-8-23(27(22)31)24-10-9-17(14-35)28(33-24)38-2/h3-15H,1-2H3. The van der Waals surface area contributed by atoms with Crippen LogP contribution in [0.5, 0.6) is 5.88 Å². The Morgan fingerprint density at radius 3 is 2.13 bits per heavy atom. The fourth-order valence-electron chi connectivity index (χ4n) is 4.39. The van der Waals surface area contributed by atoms with Gasteiger partial charge in [-0.2, -0.15) is 0 Å². The molecule has 0 spiro atoms. The van der Waals surface area contributed by atoms with E-state index >= 15 is 0 Å². The van der Waals surface area contributed by atoms with Gasteiger partial charge in [0.05, 0.1) is 34.0 Å². The highest BCUT2D eigenvalue weighted by atomic mass is 35.5. The van der Waals surface area contributed by atoms with Gasteiger partial charge in [-0.15, -0.1) is 0 Å². The number of carbonyl (C=O) groups is 2. The van der Waals surface area contributed by atoms with E-state index in [4.69, 9.17) is 27.9 Å². The first-order valence-electron chi connectivity index (χ1n) is 11.4. The lowest BCUT2D eigenvalue weighted by molar-refractivity contribution is 0.111. The van der Waals surface area contributed by atoms with E-state index < -0.39 is 5.56 Å². The minimum Gasteiger partial charge on any atom is -0.480 e. The van der Waals surface area contributed by atoms with Gasteiger partial charge in [0.15, 0.2) is 12.6 Å². The lowest BCUT2D eigenvalue weighted by Crippen LogP contribution is -2.20. The van der Waals surface area contributed by atoms with Crippen molar-refractivity contribution in [3.63, 3.8) is 0 Å². The van der Waals surface area contributed by atoms with Crippen LogP contribution < -0.4 is 10.3 Å². The Balaban J connectivity index is 1.64. The lowest BCUT2D eigenvalue weighted by atomic mass is 9.96. The van der Waals surface area contributed by atoms with Crippen LogP contribution in [0, 0.1) is 6.92 Å². The average molecular weight is 544 g/mol. The van der Waals surface area contributed by atoms with Crippen LogP contribution in [0.15, 0.2) is 71.7 Å². The van der Waals surface area contributed by atoms with Crippen LogP contribution in [-0.2, 0) is 0 Å². The minimum atomic E-state index is -0.427. The number of aryl methyl sites for hydroxylation is 1. The second kappa shape index (κ2) is 10.2. The molecule has 0 atom stereocenters.